The van der Waals surface area contributed by atoms with Crippen molar-refractivity contribution in [3.8, 4) is 23.0 Å². The molecule has 220 valence electrons. The number of halogens is 2. The zero-order valence-corrected chi connectivity index (χ0v) is 23.8. The molecule has 4 aromatic rings. The Morgan fingerprint density at radius 3 is 2.76 bits per heavy atom. The molecule has 0 saturated carbocycles. The summed E-state index contributed by atoms with van der Waals surface area (Å²) >= 11 is 0. The van der Waals surface area contributed by atoms with Crippen molar-refractivity contribution < 1.29 is 18.6 Å². The number of H-pyrrole nitrogens is 1. The summed E-state index contributed by atoms with van der Waals surface area (Å²) in [6.45, 7) is 5.37. The number of aryl methyl sites for hydroxylation is 1. The minimum absolute atomic E-state index is 0.0933. The first-order valence-electron chi connectivity index (χ1n) is 15.3. The van der Waals surface area contributed by atoms with E-state index in [1.165, 1.54) is 6.07 Å². The van der Waals surface area contributed by atoms with Gasteiger partial charge in [0.1, 0.15) is 35.7 Å². The molecule has 2 unspecified atom stereocenters. The number of rotatable bonds is 6. The lowest BCUT2D eigenvalue weighted by molar-refractivity contribution is 0.111. The van der Waals surface area contributed by atoms with Gasteiger partial charge in [0.2, 0.25) is 5.88 Å². The Hall–Kier alpha value is -3.50. The molecule has 10 heteroatoms. The molecular weight excluding hydrogens is 538 g/mol. The Bertz CT molecular complexity index is 1680. The maximum absolute atomic E-state index is 14.9. The fourth-order valence-corrected chi connectivity index (χ4v) is 8.06. The lowest BCUT2D eigenvalue weighted by Crippen LogP contribution is -2.51. The molecule has 0 spiro atoms. The molecule has 6 heterocycles. The van der Waals surface area contributed by atoms with Gasteiger partial charge < -0.3 is 25.0 Å². The van der Waals surface area contributed by atoms with Crippen LogP contribution in [0.2, 0.25) is 0 Å². The number of hydrogen-bond donors (Lipinski definition) is 3. The predicted molar refractivity (Wildman–Crippen MR) is 159 cm³/mol. The molecule has 4 aliphatic rings. The first-order chi connectivity index (χ1) is 20.4. The second-order valence-corrected chi connectivity index (χ2v) is 12.6. The van der Waals surface area contributed by atoms with E-state index in [1.54, 1.807) is 18.2 Å². The Morgan fingerprint density at radius 2 is 1.95 bits per heavy atom. The SMILES string of the molecule is CCc1c(F)ccc2cc(O)cc(-c3nc4c(N5CC6CCC(C5)N6)nc(OC[C@@]56CCCN5C[C@H](F)C6)cc4[nH]3)c12. The number of aromatic hydroxyl groups is 1. The molecule has 3 N–H and O–H groups in total. The van der Waals surface area contributed by atoms with Crippen LogP contribution in [0.3, 0.4) is 0 Å². The average molecular weight is 575 g/mol. The second-order valence-electron chi connectivity index (χ2n) is 12.6. The van der Waals surface area contributed by atoms with Gasteiger partial charge in [-0.1, -0.05) is 13.0 Å². The molecule has 0 amide bonds. The number of benzene rings is 2. The van der Waals surface area contributed by atoms with Crippen molar-refractivity contribution in [1.82, 2.24) is 25.2 Å². The van der Waals surface area contributed by atoms with Crippen LogP contribution in [0.25, 0.3) is 33.2 Å². The molecule has 2 bridgehead atoms. The highest BCUT2D eigenvalue weighted by Crippen LogP contribution is 2.42. The summed E-state index contributed by atoms with van der Waals surface area (Å²) in [6, 6.07) is 9.13. The van der Waals surface area contributed by atoms with Crippen molar-refractivity contribution in [3.05, 3.63) is 41.7 Å². The van der Waals surface area contributed by atoms with Crippen LogP contribution in [-0.4, -0.2) is 81.5 Å². The average Bonchev–Trinajstić information content (AvgIpc) is 3.73. The molecule has 8 nitrogen and oxygen atoms in total. The molecule has 4 fully saturated rings. The molecule has 4 saturated heterocycles. The van der Waals surface area contributed by atoms with Crippen molar-refractivity contribution in [1.29, 1.82) is 0 Å². The molecule has 42 heavy (non-hydrogen) atoms. The van der Waals surface area contributed by atoms with E-state index >= 15 is 0 Å². The Kier molecular flexibility index (Phi) is 6.08. The fourth-order valence-electron chi connectivity index (χ4n) is 8.06. The van der Waals surface area contributed by atoms with Crippen LogP contribution in [-0.2, 0) is 6.42 Å². The molecule has 4 aliphatic heterocycles. The molecule has 4 atom stereocenters. The highest BCUT2D eigenvalue weighted by molar-refractivity contribution is 6.01. The number of imidazole rings is 1. The number of phenols is 1. The molecular formula is C32H36F2N6O2. The van der Waals surface area contributed by atoms with Crippen molar-refractivity contribution in [2.75, 3.05) is 37.7 Å². The van der Waals surface area contributed by atoms with E-state index in [2.05, 4.69) is 20.1 Å². The number of nitrogens with one attached hydrogen (secondary N) is 2. The number of pyridine rings is 1. The van der Waals surface area contributed by atoms with Crippen LogP contribution in [0.5, 0.6) is 11.6 Å². The standard InChI is InChI=1S/C32H36F2N6O2/c1-2-23-25(34)7-4-18-10-22(41)11-24(28(18)23)30-36-26-12-27(42-17-32-8-3-9-40(32)14-19(33)13-32)37-31(29(26)38-30)39-15-20-5-6-21(16-39)35-20/h4,7,10-12,19-21,35,41H,2-3,5-6,8-9,13-17H2,1H3,(H,36,38)/t19-,20?,21?,32+/m1/s1. The van der Waals surface area contributed by atoms with Gasteiger partial charge in [-0.25, -0.2) is 13.8 Å². The molecule has 0 radical (unpaired) electrons. The van der Waals surface area contributed by atoms with Gasteiger partial charge in [-0.2, -0.15) is 4.98 Å². The number of piperazine rings is 1. The van der Waals surface area contributed by atoms with E-state index in [0.717, 1.165) is 72.9 Å². The van der Waals surface area contributed by atoms with Crippen LogP contribution in [0, 0.1) is 5.82 Å². The number of hydrogen-bond acceptors (Lipinski definition) is 7. The van der Waals surface area contributed by atoms with Gasteiger partial charge in [-0.15, -0.1) is 0 Å². The van der Waals surface area contributed by atoms with Crippen LogP contribution >= 0.6 is 0 Å². The Labute approximate surface area is 243 Å². The number of alkyl halides is 1. The first-order valence-corrected chi connectivity index (χ1v) is 15.3. The normalized spacial score (nSPS) is 27.4. The van der Waals surface area contributed by atoms with E-state index in [0.29, 0.717) is 60.9 Å². The van der Waals surface area contributed by atoms with Crippen LogP contribution in [0.1, 0.15) is 44.6 Å². The van der Waals surface area contributed by atoms with E-state index in [1.807, 2.05) is 13.0 Å². The number of phenolic OH excluding ortho intramolecular Hbond substituents is 1. The third kappa shape index (κ3) is 4.21. The largest absolute Gasteiger partial charge is 0.508 e. The summed E-state index contributed by atoms with van der Waals surface area (Å²) in [5, 5.41) is 15.8. The third-order valence-corrected chi connectivity index (χ3v) is 9.95. The maximum Gasteiger partial charge on any atom is 0.217 e. The number of aromatic amines is 1. The first kappa shape index (κ1) is 26.2. The third-order valence-electron chi connectivity index (χ3n) is 9.95. The highest BCUT2D eigenvalue weighted by Gasteiger charge is 2.49. The quantitative estimate of drug-likeness (QED) is 0.296. The van der Waals surface area contributed by atoms with Gasteiger partial charge in [0.25, 0.3) is 0 Å². The number of aromatic nitrogens is 3. The smallest absolute Gasteiger partial charge is 0.217 e. The summed E-state index contributed by atoms with van der Waals surface area (Å²) < 4.78 is 35.8. The summed E-state index contributed by atoms with van der Waals surface area (Å²) in [7, 11) is 0. The summed E-state index contributed by atoms with van der Waals surface area (Å²) in [6.07, 6.45) is 4.44. The fraction of sp³-hybridized carbons (Fsp3) is 0.500. The van der Waals surface area contributed by atoms with Crippen LogP contribution in [0.15, 0.2) is 30.3 Å². The summed E-state index contributed by atoms with van der Waals surface area (Å²) in [4.78, 5) is 18.1. The van der Waals surface area contributed by atoms with Crippen molar-refractivity contribution in [2.45, 2.75) is 69.2 Å². The predicted octanol–water partition coefficient (Wildman–Crippen LogP) is 5.08. The zero-order valence-electron chi connectivity index (χ0n) is 23.8. The van der Waals surface area contributed by atoms with Crippen molar-refractivity contribution in [2.24, 2.45) is 0 Å². The minimum atomic E-state index is -0.818. The van der Waals surface area contributed by atoms with Gasteiger partial charge >= 0.3 is 0 Å². The Balaban J connectivity index is 1.24. The van der Waals surface area contributed by atoms with E-state index in [4.69, 9.17) is 14.7 Å². The van der Waals surface area contributed by atoms with Crippen molar-refractivity contribution in [3.63, 3.8) is 0 Å². The number of nitrogens with zero attached hydrogens (tertiary/aromatic N) is 4. The van der Waals surface area contributed by atoms with Gasteiger partial charge in [-0.05, 0) is 73.2 Å². The second kappa shape index (κ2) is 9.77. The van der Waals surface area contributed by atoms with Crippen LogP contribution < -0.4 is 15.0 Å². The number of anilines is 1. The lowest BCUT2D eigenvalue weighted by atomic mass is 9.95. The highest BCUT2D eigenvalue weighted by atomic mass is 19.1. The molecule has 2 aromatic heterocycles. The molecule has 0 aliphatic carbocycles. The molecule has 2 aromatic carbocycles. The lowest BCUT2D eigenvalue weighted by Gasteiger charge is -2.34. The van der Waals surface area contributed by atoms with E-state index in [9.17, 15) is 13.9 Å². The van der Waals surface area contributed by atoms with E-state index < -0.39 is 6.17 Å². The molecule has 8 rings (SSSR count). The zero-order chi connectivity index (χ0) is 28.6. The monoisotopic (exact) mass is 574 g/mol. The number of ether oxygens (including phenoxy) is 1. The van der Waals surface area contributed by atoms with Crippen LogP contribution in [0.4, 0.5) is 14.6 Å². The maximum atomic E-state index is 14.9. The number of fused-ring (bicyclic) bond motifs is 5. The summed E-state index contributed by atoms with van der Waals surface area (Å²) in [5.74, 6) is 1.61. The summed E-state index contributed by atoms with van der Waals surface area (Å²) in [5.41, 5.74) is 2.44. The van der Waals surface area contributed by atoms with E-state index in [-0.39, 0.29) is 17.1 Å². The minimum Gasteiger partial charge on any atom is -0.508 e. The topological polar surface area (TPSA) is 89.5 Å². The Morgan fingerprint density at radius 1 is 1.12 bits per heavy atom. The van der Waals surface area contributed by atoms with Gasteiger partial charge in [0.05, 0.1) is 11.1 Å². The van der Waals surface area contributed by atoms with Crippen molar-refractivity contribution >= 4 is 27.6 Å². The van der Waals surface area contributed by atoms with Gasteiger partial charge in [0.15, 0.2) is 5.82 Å². The van der Waals surface area contributed by atoms with Gasteiger partial charge in [0, 0.05) is 49.8 Å². The van der Waals surface area contributed by atoms with Gasteiger partial charge in [-0.3, -0.25) is 4.90 Å².